The number of nitrogens with two attached hydrogens (primary N) is 1. The van der Waals surface area contributed by atoms with Crippen molar-refractivity contribution in [3.8, 4) is 11.3 Å². The molecule has 1 aromatic carbocycles. The Morgan fingerprint density at radius 1 is 1.19 bits per heavy atom. The van der Waals surface area contributed by atoms with E-state index in [1.54, 1.807) is 0 Å². The maximum absolute atomic E-state index is 6.38. The average molecular weight is 284 g/mol. The van der Waals surface area contributed by atoms with Gasteiger partial charge in [0.05, 0.1) is 0 Å². The molecule has 0 saturated heterocycles. The maximum Gasteiger partial charge on any atom is 0.131 e. The first-order valence-corrected chi connectivity index (χ1v) is 7.61. The molecule has 1 aliphatic rings. The topological polar surface area (TPSA) is 47.1 Å². The lowest BCUT2D eigenvalue weighted by Gasteiger charge is -2.27. The fourth-order valence-corrected chi connectivity index (χ4v) is 3.34. The molecular formula is C17H24N4. The van der Waals surface area contributed by atoms with Crippen LogP contribution in [0.2, 0.25) is 0 Å². The van der Waals surface area contributed by atoms with Crippen molar-refractivity contribution in [2.45, 2.75) is 32.7 Å². The number of imidazole rings is 1. The molecule has 2 atom stereocenters. The summed E-state index contributed by atoms with van der Waals surface area (Å²) in [5, 5.41) is 0. The fraction of sp³-hybridized carbons (Fsp3) is 0.471. The zero-order chi connectivity index (χ0) is 15.1. The Hall–Kier alpha value is -1.97. The molecule has 0 aliphatic carbocycles. The normalized spacial score (nSPS) is 21.1. The minimum absolute atomic E-state index is 0.436. The molecule has 0 bridgehead atoms. The Labute approximate surface area is 126 Å². The van der Waals surface area contributed by atoms with E-state index in [-0.39, 0.29) is 0 Å². The minimum atomic E-state index is 0.436. The van der Waals surface area contributed by atoms with Crippen molar-refractivity contribution in [2.24, 2.45) is 5.92 Å². The van der Waals surface area contributed by atoms with Crippen molar-refractivity contribution >= 4 is 11.5 Å². The molecule has 4 nitrogen and oxygen atoms in total. The van der Waals surface area contributed by atoms with Crippen LogP contribution in [-0.4, -0.2) is 23.6 Å². The third-order valence-electron chi connectivity index (χ3n) is 4.39. The SMILES string of the molecule is CC1Cc2nc(-c3ccc(N(C)C)cc3)c(N)n2C(C)C1. The fourth-order valence-electron chi connectivity index (χ4n) is 3.34. The Bertz CT molecular complexity index is 640. The van der Waals surface area contributed by atoms with E-state index >= 15 is 0 Å². The number of nitrogen functional groups attached to an aromatic ring is 1. The summed E-state index contributed by atoms with van der Waals surface area (Å²) >= 11 is 0. The van der Waals surface area contributed by atoms with Gasteiger partial charge in [-0.2, -0.15) is 0 Å². The summed E-state index contributed by atoms with van der Waals surface area (Å²) in [6, 6.07) is 8.87. The second kappa shape index (κ2) is 5.10. The lowest BCUT2D eigenvalue weighted by molar-refractivity contribution is 0.346. The quantitative estimate of drug-likeness (QED) is 0.920. The number of fused-ring (bicyclic) bond motifs is 1. The zero-order valence-electron chi connectivity index (χ0n) is 13.3. The van der Waals surface area contributed by atoms with Gasteiger partial charge in [-0.3, -0.25) is 0 Å². The highest BCUT2D eigenvalue weighted by atomic mass is 15.2. The first-order chi connectivity index (χ1) is 9.97. The number of benzene rings is 1. The van der Waals surface area contributed by atoms with E-state index in [0.29, 0.717) is 12.0 Å². The van der Waals surface area contributed by atoms with E-state index in [4.69, 9.17) is 10.7 Å². The van der Waals surface area contributed by atoms with E-state index in [1.807, 2.05) is 14.1 Å². The van der Waals surface area contributed by atoms with E-state index in [1.165, 1.54) is 12.1 Å². The van der Waals surface area contributed by atoms with Gasteiger partial charge in [0.1, 0.15) is 17.3 Å². The summed E-state index contributed by atoms with van der Waals surface area (Å²) in [7, 11) is 4.09. The summed E-state index contributed by atoms with van der Waals surface area (Å²) in [6.45, 7) is 4.52. The van der Waals surface area contributed by atoms with E-state index in [9.17, 15) is 0 Å². The zero-order valence-corrected chi connectivity index (χ0v) is 13.3. The third-order valence-corrected chi connectivity index (χ3v) is 4.39. The number of hydrogen-bond donors (Lipinski definition) is 1. The number of nitrogens with zero attached hydrogens (tertiary/aromatic N) is 3. The highest BCUT2D eigenvalue weighted by Gasteiger charge is 2.26. The molecule has 0 saturated carbocycles. The molecule has 2 N–H and O–H groups in total. The molecule has 1 aliphatic heterocycles. The van der Waals surface area contributed by atoms with Gasteiger partial charge < -0.3 is 15.2 Å². The van der Waals surface area contributed by atoms with Gasteiger partial charge in [-0.15, -0.1) is 0 Å². The molecule has 0 fully saturated rings. The largest absolute Gasteiger partial charge is 0.383 e. The van der Waals surface area contributed by atoms with Gasteiger partial charge in [0.15, 0.2) is 0 Å². The first kappa shape index (κ1) is 14.0. The molecule has 2 unspecified atom stereocenters. The standard InChI is InChI=1S/C17H24N4/c1-11-9-12(2)21-15(10-11)19-16(17(21)18)13-5-7-14(8-6-13)20(3)4/h5-8,11-12H,9-10,18H2,1-4H3. The van der Waals surface area contributed by atoms with Crippen molar-refractivity contribution in [3.63, 3.8) is 0 Å². The van der Waals surface area contributed by atoms with E-state index in [2.05, 4.69) is 47.6 Å². The van der Waals surface area contributed by atoms with Crippen LogP contribution < -0.4 is 10.6 Å². The smallest absolute Gasteiger partial charge is 0.131 e. The maximum atomic E-state index is 6.38. The Balaban J connectivity index is 2.02. The molecule has 2 aromatic rings. The van der Waals surface area contributed by atoms with E-state index < -0.39 is 0 Å². The van der Waals surface area contributed by atoms with Crippen LogP contribution in [0.5, 0.6) is 0 Å². The Morgan fingerprint density at radius 3 is 2.48 bits per heavy atom. The van der Waals surface area contributed by atoms with Crippen molar-refractivity contribution in [3.05, 3.63) is 30.1 Å². The Kier molecular flexibility index (Phi) is 3.40. The predicted molar refractivity (Wildman–Crippen MR) is 88.6 cm³/mol. The van der Waals surface area contributed by atoms with Gasteiger partial charge in [0.25, 0.3) is 0 Å². The van der Waals surface area contributed by atoms with Crippen molar-refractivity contribution in [1.82, 2.24) is 9.55 Å². The molecule has 21 heavy (non-hydrogen) atoms. The molecule has 0 amide bonds. The van der Waals surface area contributed by atoms with Crippen LogP contribution >= 0.6 is 0 Å². The molecule has 112 valence electrons. The summed E-state index contributed by atoms with van der Waals surface area (Å²) in [5.41, 5.74) is 9.59. The number of hydrogen-bond acceptors (Lipinski definition) is 3. The first-order valence-electron chi connectivity index (χ1n) is 7.61. The molecule has 2 heterocycles. The van der Waals surface area contributed by atoms with Crippen molar-refractivity contribution in [1.29, 1.82) is 0 Å². The molecule has 4 heteroatoms. The summed E-state index contributed by atoms with van der Waals surface area (Å²) in [5.74, 6) is 2.62. The van der Waals surface area contributed by atoms with Crippen LogP contribution in [-0.2, 0) is 6.42 Å². The highest BCUT2D eigenvalue weighted by molar-refractivity contribution is 5.72. The van der Waals surface area contributed by atoms with Gasteiger partial charge in [0.2, 0.25) is 0 Å². The number of aromatic nitrogens is 2. The van der Waals surface area contributed by atoms with E-state index in [0.717, 1.165) is 29.3 Å². The molecule has 1 aromatic heterocycles. The highest BCUT2D eigenvalue weighted by Crippen LogP contribution is 2.36. The van der Waals surface area contributed by atoms with Crippen LogP contribution in [0.1, 0.15) is 32.1 Å². The lowest BCUT2D eigenvalue weighted by Crippen LogP contribution is -2.22. The van der Waals surface area contributed by atoms with Crippen LogP contribution in [0.15, 0.2) is 24.3 Å². The lowest BCUT2D eigenvalue weighted by atomic mass is 9.95. The minimum Gasteiger partial charge on any atom is -0.383 e. The van der Waals surface area contributed by atoms with Gasteiger partial charge >= 0.3 is 0 Å². The molecule has 0 radical (unpaired) electrons. The van der Waals surface area contributed by atoms with Gasteiger partial charge in [-0.05, 0) is 31.4 Å². The molecule has 0 spiro atoms. The number of anilines is 2. The summed E-state index contributed by atoms with van der Waals surface area (Å²) in [4.78, 5) is 6.91. The number of rotatable bonds is 2. The predicted octanol–water partition coefficient (Wildman–Crippen LogP) is 3.34. The van der Waals surface area contributed by atoms with Gasteiger partial charge in [0, 0.05) is 37.8 Å². The Morgan fingerprint density at radius 2 is 1.86 bits per heavy atom. The molecular weight excluding hydrogens is 260 g/mol. The van der Waals surface area contributed by atoms with Crippen LogP contribution in [0, 0.1) is 5.92 Å². The third kappa shape index (κ3) is 2.39. The monoisotopic (exact) mass is 284 g/mol. The van der Waals surface area contributed by atoms with Crippen LogP contribution in [0.3, 0.4) is 0 Å². The average Bonchev–Trinajstić information content (AvgIpc) is 2.76. The second-order valence-corrected chi connectivity index (χ2v) is 6.47. The molecule has 3 rings (SSSR count). The summed E-state index contributed by atoms with van der Waals surface area (Å²) < 4.78 is 2.22. The van der Waals surface area contributed by atoms with Crippen LogP contribution in [0.4, 0.5) is 11.5 Å². The van der Waals surface area contributed by atoms with Gasteiger partial charge in [-0.1, -0.05) is 19.1 Å². The summed E-state index contributed by atoms with van der Waals surface area (Å²) in [6.07, 6.45) is 2.19. The van der Waals surface area contributed by atoms with Crippen LogP contribution in [0.25, 0.3) is 11.3 Å². The van der Waals surface area contributed by atoms with Gasteiger partial charge in [-0.25, -0.2) is 4.98 Å². The van der Waals surface area contributed by atoms with Crippen molar-refractivity contribution in [2.75, 3.05) is 24.7 Å². The second-order valence-electron chi connectivity index (χ2n) is 6.47. The van der Waals surface area contributed by atoms with Crippen molar-refractivity contribution < 1.29 is 0 Å².